The highest BCUT2D eigenvalue weighted by Crippen LogP contribution is 2.33. The van der Waals surface area contributed by atoms with E-state index in [1.165, 1.54) is 15.9 Å². The molecule has 0 aromatic heterocycles. The van der Waals surface area contributed by atoms with E-state index in [0.29, 0.717) is 46.5 Å². The molecule has 3 aromatic carbocycles. The van der Waals surface area contributed by atoms with Crippen LogP contribution < -0.4 is 28.7 Å². The van der Waals surface area contributed by atoms with E-state index in [0.717, 1.165) is 0 Å². The van der Waals surface area contributed by atoms with Gasteiger partial charge in [-0.3, -0.25) is 19.4 Å². The zero-order valence-electron chi connectivity index (χ0n) is 21.5. The van der Waals surface area contributed by atoms with Crippen LogP contribution in [0.5, 0.6) is 23.0 Å². The fraction of sp³-hybridized carbons (Fsp3) is 0.172. The fourth-order valence-corrected chi connectivity index (χ4v) is 4.30. The number of rotatable bonds is 9. The molecule has 0 radical (unpaired) electrons. The number of carbonyl (C=O) groups excluding carboxylic acids is 2. The molecule has 0 unspecified atom stereocenters. The highest BCUT2D eigenvalue weighted by molar-refractivity contribution is 7.81. The van der Waals surface area contributed by atoms with Gasteiger partial charge < -0.3 is 18.9 Å². The standard InChI is InChI=1S/C29H25N3O6S/c1-4-37-26-18-19(5-14-25(26)38-16-15-30)17-24-27(33)31(20-6-10-22(35-2)11-7-20)29(39)32(28(24)34)21-8-12-23(36-3)13-9-21/h5-14,17-18H,4,16H2,1-3H3. The molecule has 2 amide bonds. The SMILES string of the molecule is CCOc1cc(C=C2C(=O)N(c3ccc(OC)cc3)C(=S)N(c3ccc(OC)cc3)C2=O)ccc1OCC#N. The van der Waals surface area contributed by atoms with Gasteiger partial charge in [-0.15, -0.1) is 0 Å². The van der Waals surface area contributed by atoms with E-state index >= 15 is 0 Å². The van der Waals surface area contributed by atoms with Crippen LogP contribution in [-0.4, -0.2) is 44.4 Å². The number of anilines is 2. The predicted octanol–water partition coefficient (Wildman–Crippen LogP) is 4.75. The summed E-state index contributed by atoms with van der Waals surface area (Å²) >= 11 is 5.68. The summed E-state index contributed by atoms with van der Waals surface area (Å²) in [5.74, 6) is 0.811. The van der Waals surface area contributed by atoms with Gasteiger partial charge in [-0.1, -0.05) is 6.07 Å². The Bertz CT molecular complexity index is 1390. The van der Waals surface area contributed by atoms with E-state index in [2.05, 4.69) is 0 Å². The van der Waals surface area contributed by atoms with Crippen molar-refractivity contribution in [3.63, 3.8) is 0 Å². The smallest absolute Gasteiger partial charge is 0.270 e. The summed E-state index contributed by atoms with van der Waals surface area (Å²) in [6.07, 6.45) is 1.48. The molecule has 1 aliphatic rings. The van der Waals surface area contributed by atoms with Crippen LogP contribution in [0.25, 0.3) is 6.08 Å². The average molecular weight is 544 g/mol. The second-order valence-electron chi connectivity index (χ2n) is 8.10. The van der Waals surface area contributed by atoms with Crippen LogP contribution in [-0.2, 0) is 9.59 Å². The molecule has 0 saturated carbocycles. The molecule has 198 valence electrons. The Kier molecular flexibility index (Phi) is 8.43. The average Bonchev–Trinajstić information content (AvgIpc) is 2.96. The van der Waals surface area contributed by atoms with Crippen LogP contribution in [0, 0.1) is 11.3 Å². The molecule has 0 bridgehead atoms. The number of hydrogen-bond donors (Lipinski definition) is 0. The summed E-state index contributed by atoms with van der Waals surface area (Å²) < 4.78 is 21.6. The Balaban J connectivity index is 1.82. The molecule has 1 saturated heterocycles. The van der Waals surface area contributed by atoms with Crippen molar-refractivity contribution < 1.29 is 28.5 Å². The minimum absolute atomic E-state index is 0.00717. The number of methoxy groups -OCH3 is 2. The first-order valence-corrected chi connectivity index (χ1v) is 12.3. The van der Waals surface area contributed by atoms with Gasteiger partial charge in [0.25, 0.3) is 11.8 Å². The highest BCUT2D eigenvalue weighted by atomic mass is 32.1. The molecule has 0 N–H and O–H groups in total. The number of nitrogens with zero attached hydrogens (tertiary/aromatic N) is 3. The lowest BCUT2D eigenvalue weighted by atomic mass is 10.0. The van der Waals surface area contributed by atoms with Crippen LogP contribution in [0.1, 0.15) is 12.5 Å². The molecule has 0 atom stereocenters. The summed E-state index contributed by atoms with van der Waals surface area (Å²) in [7, 11) is 3.09. The zero-order valence-corrected chi connectivity index (χ0v) is 22.4. The van der Waals surface area contributed by atoms with Gasteiger partial charge in [-0.05, 0) is 91.4 Å². The van der Waals surface area contributed by atoms with Gasteiger partial charge in [0.15, 0.2) is 23.2 Å². The van der Waals surface area contributed by atoms with Gasteiger partial charge >= 0.3 is 0 Å². The highest BCUT2D eigenvalue weighted by Gasteiger charge is 2.41. The third kappa shape index (κ3) is 5.68. The second-order valence-corrected chi connectivity index (χ2v) is 8.47. The lowest BCUT2D eigenvalue weighted by Gasteiger charge is -2.36. The molecule has 3 aromatic rings. The third-order valence-electron chi connectivity index (χ3n) is 5.78. The molecule has 1 fully saturated rings. The first-order valence-electron chi connectivity index (χ1n) is 11.9. The van der Waals surface area contributed by atoms with Crippen molar-refractivity contribution in [1.82, 2.24) is 0 Å². The number of ether oxygens (including phenoxy) is 4. The summed E-state index contributed by atoms with van der Waals surface area (Å²) in [6.45, 7) is 2.02. The van der Waals surface area contributed by atoms with Crippen molar-refractivity contribution in [1.29, 1.82) is 5.26 Å². The minimum atomic E-state index is -0.581. The number of benzene rings is 3. The normalized spacial score (nSPS) is 13.2. The fourth-order valence-electron chi connectivity index (χ4n) is 3.93. The van der Waals surface area contributed by atoms with E-state index in [1.54, 1.807) is 80.9 Å². The second kappa shape index (κ2) is 12.1. The largest absolute Gasteiger partial charge is 0.497 e. The van der Waals surface area contributed by atoms with Gasteiger partial charge in [-0.2, -0.15) is 5.26 Å². The van der Waals surface area contributed by atoms with Gasteiger partial charge in [0.05, 0.1) is 32.2 Å². The van der Waals surface area contributed by atoms with Gasteiger partial charge in [0, 0.05) is 0 Å². The van der Waals surface area contributed by atoms with Crippen molar-refractivity contribution >= 4 is 46.6 Å². The zero-order chi connectivity index (χ0) is 27.9. The maximum atomic E-state index is 13.8. The Morgan fingerprint density at radius 2 is 1.36 bits per heavy atom. The first-order chi connectivity index (χ1) is 18.9. The van der Waals surface area contributed by atoms with Crippen molar-refractivity contribution in [2.75, 3.05) is 37.2 Å². The Labute approximate surface area is 231 Å². The number of amides is 2. The van der Waals surface area contributed by atoms with E-state index in [4.69, 9.17) is 36.4 Å². The first kappa shape index (κ1) is 27.2. The van der Waals surface area contributed by atoms with Crippen LogP contribution >= 0.6 is 12.2 Å². The molecule has 4 rings (SSSR count). The quantitative estimate of drug-likeness (QED) is 0.216. The lowest BCUT2D eigenvalue weighted by molar-refractivity contribution is -0.120. The summed E-state index contributed by atoms with van der Waals surface area (Å²) in [4.78, 5) is 30.2. The molecule has 1 aliphatic heterocycles. The van der Waals surface area contributed by atoms with E-state index in [-0.39, 0.29) is 17.3 Å². The Morgan fingerprint density at radius 3 is 1.82 bits per heavy atom. The van der Waals surface area contributed by atoms with Crippen LogP contribution in [0.15, 0.2) is 72.3 Å². The molecule has 10 heteroatoms. The number of carbonyl (C=O) groups is 2. The van der Waals surface area contributed by atoms with Gasteiger partial charge in [0.1, 0.15) is 23.1 Å². The van der Waals surface area contributed by atoms with Crippen molar-refractivity contribution in [3.8, 4) is 29.1 Å². The number of thiocarbonyl (C=S) groups is 1. The van der Waals surface area contributed by atoms with Crippen molar-refractivity contribution in [2.24, 2.45) is 0 Å². The molecule has 39 heavy (non-hydrogen) atoms. The molecular formula is C29H25N3O6S. The maximum absolute atomic E-state index is 13.8. The molecule has 9 nitrogen and oxygen atoms in total. The summed E-state index contributed by atoms with van der Waals surface area (Å²) in [6, 6.07) is 20.4. The van der Waals surface area contributed by atoms with E-state index in [1.807, 2.05) is 13.0 Å². The minimum Gasteiger partial charge on any atom is -0.497 e. The number of nitriles is 1. The molecule has 0 spiro atoms. The van der Waals surface area contributed by atoms with Crippen LogP contribution in [0.4, 0.5) is 11.4 Å². The van der Waals surface area contributed by atoms with Crippen LogP contribution in [0.2, 0.25) is 0 Å². The molecular weight excluding hydrogens is 518 g/mol. The van der Waals surface area contributed by atoms with Crippen molar-refractivity contribution in [3.05, 3.63) is 77.9 Å². The number of hydrogen-bond acceptors (Lipinski definition) is 8. The molecule has 1 heterocycles. The van der Waals surface area contributed by atoms with E-state index in [9.17, 15) is 9.59 Å². The van der Waals surface area contributed by atoms with Crippen LogP contribution in [0.3, 0.4) is 0 Å². The lowest BCUT2D eigenvalue weighted by Crippen LogP contribution is -2.56. The van der Waals surface area contributed by atoms with Gasteiger partial charge in [0.2, 0.25) is 0 Å². The summed E-state index contributed by atoms with van der Waals surface area (Å²) in [5.41, 5.74) is 1.36. The van der Waals surface area contributed by atoms with E-state index < -0.39 is 11.8 Å². The third-order valence-corrected chi connectivity index (χ3v) is 6.15. The predicted molar refractivity (Wildman–Crippen MR) is 150 cm³/mol. The Morgan fingerprint density at radius 1 is 0.821 bits per heavy atom. The van der Waals surface area contributed by atoms with Gasteiger partial charge in [-0.25, -0.2) is 0 Å². The Hall–Kier alpha value is -4.88. The monoisotopic (exact) mass is 543 g/mol. The topological polar surface area (TPSA) is 101 Å². The molecule has 0 aliphatic carbocycles. The van der Waals surface area contributed by atoms with Crippen molar-refractivity contribution in [2.45, 2.75) is 6.92 Å². The maximum Gasteiger partial charge on any atom is 0.270 e. The summed E-state index contributed by atoms with van der Waals surface area (Å²) in [5, 5.41) is 8.87.